The third-order valence-electron chi connectivity index (χ3n) is 3.29. The average Bonchev–Trinajstić information content (AvgIpc) is 2.56. The van der Waals surface area contributed by atoms with Crippen molar-refractivity contribution < 1.29 is 13.9 Å². The first-order chi connectivity index (χ1) is 11.0. The fraction of sp³-hybridized carbons (Fsp3) is 0.176. The van der Waals surface area contributed by atoms with Gasteiger partial charge in [-0.25, -0.2) is 9.18 Å². The number of benzene rings is 2. The van der Waals surface area contributed by atoms with Gasteiger partial charge in [0.05, 0.1) is 24.9 Å². The number of para-hydroxylation sites is 1. The first-order valence-electron chi connectivity index (χ1n) is 6.89. The lowest BCUT2D eigenvalue weighted by Crippen LogP contribution is -2.31. The van der Waals surface area contributed by atoms with Crippen LogP contribution in [0.15, 0.2) is 42.5 Å². The average molecular weight is 313 g/mol. The number of hydrogen-bond acceptors (Lipinski definition) is 3. The Labute approximate surface area is 133 Å². The molecule has 0 atom stereocenters. The highest BCUT2D eigenvalue weighted by Gasteiger charge is 2.14. The molecular weight excluding hydrogens is 297 g/mol. The topological polar surface area (TPSA) is 65.4 Å². The predicted octanol–water partition coefficient (Wildman–Crippen LogP) is 3.37. The van der Waals surface area contributed by atoms with Crippen molar-refractivity contribution in [2.75, 3.05) is 19.5 Å². The fourth-order valence-electron chi connectivity index (χ4n) is 2.09. The van der Waals surface area contributed by atoms with E-state index in [-0.39, 0.29) is 11.3 Å². The minimum Gasteiger partial charge on any atom is -0.496 e. The number of urea groups is 1. The number of amides is 2. The summed E-state index contributed by atoms with van der Waals surface area (Å²) < 4.78 is 18.4. The minimum absolute atomic E-state index is 0.0732. The normalized spacial score (nSPS) is 9.83. The van der Waals surface area contributed by atoms with E-state index in [0.29, 0.717) is 12.3 Å². The maximum atomic E-state index is 13.1. The Morgan fingerprint density at radius 3 is 2.78 bits per heavy atom. The van der Waals surface area contributed by atoms with Crippen molar-refractivity contribution in [3.63, 3.8) is 0 Å². The highest BCUT2D eigenvalue weighted by molar-refractivity contribution is 5.90. The van der Waals surface area contributed by atoms with Gasteiger partial charge in [-0.3, -0.25) is 0 Å². The van der Waals surface area contributed by atoms with Gasteiger partial charge < -0.3 is 15.0 Å². The van der Waals surface area contributed by atoms with Gasteiger partial charge in [0.2, 0.25) is 0 Å². The summed E-state index contributed by atoms with van der Waals surface area (Å²) in [5, 5.41) is 11.6. The molecule has 2 amide bonds. The van der Waals surface area contributed by atoms with Gasteiger partial charge >= 0.3 is 6.03 Å². The number of nitriles is 1. The number of anilines is 1. The molecule has 0 saturated heterocycles. The molecule has 6 heteroatoms. The molecule has 0 spiro atoms. The molecule has 2 rings (SSSR count). The Balaban J connectivity index is 2.10. The van der Waals surface area contributed by atoms with Gasteiger partial charge in [0, 0.05) is 12.6 Å². The SMILES string of the molecule is COc1ccccc1CN(C)C(=O)Nc1ccc(F)cc1C#N. The Morgan fingerprint density at radius 2 is 2.09 bits per heavy atom. The second-order valence-electron chi connectivity index (χ2n) is 4.90. The van der Waals surface area contributed by atoms with E-state index in [1.165, 1.54) is 17.0 Å². The predicted molar refractivity (Wildman–Crippen MR) is 84.6 cm³/mol. The van der Waals surface area contributed by atoms with Crippen LogP contribution < -0.4 is 10.1 Å². The first kappa shape index (κ1) is 16.3. The second kappa shape index (κ2) is 7.27. The fourth-order valence-corrected chi connectivity index (χ4v) is 2.09. The summed E-state index contributed by atoms with van der Waals surface area (Å²) in [6.07, 6.45) is 0. The molecule has 2 aromatic carbocycles. The lowest BCUT2D eigenvalue weighted by molar-refractivity contribution is 0.220. The summed E-state index contributed by atoms with van der Waals surface area (Å²) in [7, 11) is 3.19. The molecule has 23 heavy (non-hydrogen) atoms. The lowest BCUT2D eigenvalue weighted by atomic mass is 10.2. The summed E-state index contributed by atoms with van der Waals surface area (Å²) in [4.78, 5) is 13.7. The molecule has 0 saturated carbocycles. The standard InChI is InChI=1S/C17H16FN3O2/c1-21(11-12-5-3-4-6-16(12)23-2)17(22)20-15-8-7-14(18)9-13(15)10-19/h3-9H,11H2,1-2H3,(H,20,22). The number of nitrogens with one attached hydrogen (secondary N) is 1. The maximum Gasteiger partial charge on any atom is 0.321 e. The van der Waals surface area contributed by atoms with E-state index in [9.17, 15) is 9.18 Å². The number of nitrogens with zero attached hydrogens (tertiary/aromatic N) is 2. The molecule has 0 fully saturated rings. The van der Waals surface area contributed by atoms with E-state index in [0.717, 1.165) is 11.6 Å². The van der Waals surface area contributed by atoms with Crippen LogP contribution in [0, 0.1) is 17.1 Å². The minimum atomic E-state index is -0.526. The van der Waals surface area contributed by atoms with Crippen molar-refractivity contribution in [1.82, 2.24) is 4.90 Å². The summed E-state index contributed by atoms with van der Waals surface area (Å²) in [5.41, 5.74) is 1.20. The molecule has 0 heterocycles. The van der Waals surface area contributed by atoms with Crippen molar-refractivity contribution in [2.24, 2.45) is 0 Å². The van der Waals surface area contributed by atoms with Gasteiger partial charge in [0.25, 0.3) is 0 Å². The largest absolute Gasteiger partial charge is 0.496 e. The molecular formula is C17H16FN3O2. The highest BCUT2D eigenvalue weighted by Crippen LogP contribution is 2.20. The second-order valence-corrected chi connectivity index (χ2v) is 4.90. The molecule has 0 aliphatic carbocycles. The number of methoxy groups -OCH3 is 1. The van der Waals surface area contributed by atoms with Crippen LogP contribution in [-0.4, -0.2) is 25.1 Å². The van der Waals surface area contributed by atoms with Gasteiger partial charge in [-0.15, -0.1) is 0 Å². The maximum absolute atomic E-state index is 13.1. The van der Waals surface area contributed by atoms with E-state index in [1.807, 2.05) is 30.3 Å². The highest BCUT2D eigenvalue weighted by atomic mass is 19.1. The molecule has 0 aromatic heterocycles. The number of hydrogen-bond donors (Lipinski definition) is 1. The molecule has 0 unspecified atom stereocenters. The van der Waals surface area contributed by atoms with Gasteiger partial charge in [-0.2, -0.15) is 5.26 Å². The monoisotopic (exact) mass is 313 g/mol. The zero-order valence-corrected chi connectivity index (χ0v) is 12.8. The lowest BCUT2D eigenvalue weighted by Gasteiger charge is -2.19. The summed E-state index contributed by atoms with van der Waals surface area (Å²) >= 11 is 0. The zero-order valence-electron chi connectivity index (χ0n) is 12.8. The van der Waals surface area contributed by atoms with Crippen LogP contribution in [0.25, 0.3) is 0 Å². The molecule has 118 valence electrons. The molecule has 2 aromatic rings. The number of ether oxygens (including phenoxy) is 1. The molecule has 0 aliphatic heterocycles. The third-order valence-corrected chi connectivity index (χ3v) is 3.29. The molecule has 5 nitrogen and oxygen atoms in total. The van der Waals surface area contributed by atoms with E-state index in [1.54, 1.807) is 14.2 Å². The molecule has 1 N–H and O–H groups in total. The molecule has 0 aliphatic rings. The number of carbonyl (C=O) groups is 1. The Kier molecular flexibility index (Phi) is 5.15. The smallest absolute Gasteiger partial charge is 0.321 e. The van der Waals surface area contributed by atoms with E-state index < -0.39 is 11.8 Å². The van der Waals surface area contributed by atoms with Crippen LogP contribution in [0.5, 0.6) is 5.75 Å². The van der Waals surface area contributed by atoms with Gasteiger partial charge in [0.1, 0.15) is 17.6 Å². The van der Waals surface area contributed by atoms with Gasteiger partial charge in [0.15, 0.2) is 0 Å². The number of carbonyl (C=O) groups excluding carboxylic acids is 1. The van der Waals surface area contributed by atoms with Crippen molar-refractivity contribution in [2.45, 2.75) is 6.54 Å². The van der Waals surface area contributed by atoms with Gasteiger partial charge in [-0.05, 0) is 24.3 Å². The Hall–Kier alpha value is -3.07. The molecule has 0 bridgehead atoms. The van der Waals surface area contributed by atoms with E-state index in [4.69, 9.17) is 10.00 Å². The summed E-state index contributed by atoms with van der Waals surface area (Å²) in [6, 6.07) is 12.5. The molecule has 0 radical (unpaired) electrons. The van der Waals surface area contributed by atoms with E-state index >= 15 is 0 Å². The summed E-state index contributed by atoms with van der Waals surface area (Å²) in [6.45, 7) is 0.332. The van der Waals surface area contributed by atoms with Crippen LogP contribution in [-0.2, 0) is 6.54 Å². The van der Waals surface area contributed by atoms with Crippen molar-refractivity contribution in [3.8, 4) is 11.8 Å². The summed E-state index contributed by atoms with van der Waals surface area (Å²) in [5.74, 6) is 0.161. The number of halogens is 1. The number of rotatable bonds is 4. The Morgan fingerprint density at radius 1 is 1.35 bits per heavy atom. The zero-order chi connectivity index (χ0) is 16.8. The van der Waals surface area contributed by atoms with Crippen LogP contribution in [0.1, 0.15) is 11.1 Å². The van der Waals surface area contributed by atoms with E-state index in [2.05, 4.69) is 5.32 Å². The van der Waals surface area contributed by atoms with Crippen LogP contribution in [0.2, 0.25) is 0 Å². The Bertz CT molecular complexity index is 756. The van der Waals surface area contributed by atoms with Crippen molar-refractivity contribution >= 4 is 11.7 Å². The quantitative estimate of drug-likeness (QED) is 0.941. The third kappa shape index (κ3) is 3.98. The van der Waals surface area contributed by atoms with Crippen LogP contribution >= 0.6 is 0 Å². The van der Waals surface area contributed by atoms with Gasteiger partial charge in [-0.1, -0.05) is 18.2 Å². The first-order valence-corrected chi connectivity index (χ1v) is 6.89. The van der Waals surface area contributed by atoms with Crippen molar-refractivity contribution in [1.29, 1.82) is 5.26 Å². The van der Waals surface area contributed by atoms with Crippen LogP contribution in [0.3, 0.4) is 0 Å². The van der Waals surface area contributed by atoms with Crippen LogP contribution in [0.4, 0.5) is 14.9 Å². The van der Waals surface area contributed by atoms with Crippen molar-refractivity contribution in [3.05, 3.63) is 59.4 Å².